The van der Waals surface area contributed by atoms with Crippen LogP contribution in [0.25, 0.3) is 0 Å². The predicted octanol–water partition coefficient (Wildman–Crippen LogP) is 1.17. The van der Waals surface area contributed by atoms with Crippen LogP contribution in [0.15, 0.2) is 30.3 Å². The van der Waals surface area contributed by atoms with Gasteiger partial charge in [-0.15, -0.1) is 4.53 Å². The van der Waals surface area contributed by atoms with Crippen molar-refractivity contribution in [2.45, 2.75) is 0 Å². The quantitative estimate of drug-likeness (QED) is 0.499. The summed E-state index contributed by atoms with van der Waals surface area (Å²) >= 11 is -2.84. The van der Waals surface area contributed by atoms with Crippen LogP contribution in [0.3, 0.4) is 0 Å². The molecule has 11 heavy (non-hydrogen) atoms. The van der Waals surface area contributed by atoms with Crippen LogP contribution >= 0.6 is 0 Å². The molecular formula is C6H5FNO2S-. The van der Waals surface area contributed by atoms with Gasteiger partial charge in [0.05, 0.1) is 17.0 Å². The first-order chi connectivity index (χ1) is 5.22. The maximum absolute atomic E-state index is 12.5. The molecule has 1 aromatic carbocycles. The molecule has 1 rings (SSSR count). The number of rotatable bonds is 2. The van der Waals surface area contributed by atoms with E-state index >= 15 is 0 Å². The smallest absolute Gasteiger partial charge is 0.0833 e. The molecule has 1 atom stereocenters. The van der Waals surface area contributed by atoms with Crippen molar-refractivity contribution in [1.29, 1.82) is 0 Å². The summed E-state index contributed by atoms with van der Waals surface area (Å²) < 4.78 is 32.2. The molecule has 0 aliphatic heterocycles. The van der Waals surface area contributed by atoms with Gasteiger partial charge in [-0.25, -0.2) is 4.21 Å². The van der Waals surface area contributed by atoms with E-state index in [1.165, 1.54) is 12.1 Å². The number of hydrogen-bond donors (Lipinski definition) is 0. The first-order valence-electron chi connectivity index (χ1n) is 2.82. The third kappa shape index (κ3) is 1.99. The van der Waals surface area contributed by atoms with Gasteiger partial charge in [-0.2, -0.15) is 0 Å². The number of anilines is 1. The molecule has 0 bridgehead atoms. The Bertz CT molecular complexity index is 254. The molecule has 0 spiro atoms. The largest absolute Gasteiger partial charge is 0.753 e. The van der Waals surface area contributed by atoms with Crippen molar-refractivity contribution in [3.05, 3.63) is 30.3 Å². The van der Waals surface area contributed by atoms with E-state index in [0.717, 1.165) is 0 Å². The molecule has 60 valence electrons. The minimum Gasteiger partial charge on any atom is -0.753 e. The fourth-order valence-electron chi connectivity index (χ4n) is 0.631. The van der Waals surface area contributed by atoms with Crippen LogP contribution in [-0.4, -0.2) is 8.76 Å². The Balaban J connectivity index is 2.85. The van der Waals surface area contributed by atoms with Crippen LogP contribution in [-0.2, 0) is 11.3 Å². The molecule has 0 saturated carbocycles. The first-order valence-corrected chi connectivity index (χ1v) is 3.85. The van der Waals surface area contributed by atoms with Crippen molar-refractivity contribution < 1.29 is 13.2 Å². The summed E-state index contributed by atoms with van der Waals surface area (Å²) in [6.45, 7) is 0. The maximum Gasteiger partial charge on any atom is 0.0833 e. The maximum atomic E-state index is 12.5. The van der Waals surface area contributed by atoms with Crippen molar-refractivity contribution in [3.8, 4) is 0 Å². The normalized spacial score (nSPS) is 12.5. The second kappa shape index (κ2) is 3.45. The second-order valence-electron chi connectivity index (χ2n) is 1.80. The van der Waals surface area contributed by atoms with Gasteiger partial charge in [-0.05, 0) is 12.1 Å². The van der Waals surface area contributed by atoms with Crippen molar-refractivity contribution in [3.63, 3.8) is 0 Å². The van der Waals surface area contributed by atoms with Gasteiger partial charge in [-0.1, -0.05) is 22.7 Å². The lowest BCUT2D eigenvalue weighted by molar-refractivity contribution is 0.465. The van der Waals surface area contributed by atoms with Gasteiger partial charge in [0.15, 0.2) is 0 Å². The zero-order valence-electron chi connectivity index (χ0n) is 5.44. The Kier molecular flexibility index (Phi) is 2.56. The molecule has 0 aliphatic rings. The van der Waals surface area contributed by atoms with E-state index in [-0.39, 0.29) is 10.2 Å². The SMILES string of the molecule is O=S([O-])N(F)c1ccccc1. The van der Waals surface area contributed by atoms with Crippen LogP contribution < -0.4 is 4.53 Å². The minimum absolute atomic E-state index is 0.000772. The molecule has 0 fully saturated rings. The highest BCUT2D eigenvalue weighted by atomic mass is 32.2. The van der Waals surface area contributed by atoms with E-state index in [4.69, 9.17) is 0 Å². The number of para-hydroxylation sites is 1. The third-order valence-corrected chi connectivity index (χ3v) is 1.56. The van der Waals surface area contributed by atoms with Crippen LogP contribution in [0.2, 0.25) is 0 Å². The first kappa shape index (κ1) is 8.16. The summed E-state index contributed by atoms with van der Waals surface area (Å²) in [6.07, 6.45) is 0. The zero-order valence-corrected chi connectivity index (χ0v) is 6.25. The molecule has 5 heteroatoms. The molecule has 1 aromatic rings. The molecule has 3 nitrogen and oxygen atoms in total. The Morgan fingerprint density at radius 1 is 1.36 bits per heavy atom. The zero-order chi connectivity index (χ0) is 8.27. The highest BCUT2D eigenvalue weighted by Gasteiger charge is 2.01. The summed E-state index contributed by atoms with van der Waals surface area (Å²) in [5.74, 6) is 0. The van der Waals surface area contributed by atoms with Crippen LogP contribution in [0.5, 0.6) is 0 Å². The second-order valence-corrected chi connectivity index (χ2v) is 2.55. The van der Waals surface area contributed by atoms with Gasteiger partial charge >= 0.3 is 0 Å². The third-order valence-electron chi connectivity index (χ3n) is 1.09. The van der Waals surface area contributed by atoms with Gasteiger partial charge in [0.2, 0.25) is 0 Å². The molecule has 0 aromatic heterocycles. The lowest BCUT2D eigenvalue weighted by atomic mass is 10.3. The monoisotopic (exact) mass is 174 g/mol. The van der Waals surface area contributed by atoms with Crippen molar-refractivity contribution in [2.75, 3.05) is 4.53 Å². The van der Waals surface area contributed by atoms with E-state index < -0.39 is 11.3 Å². The Labute approximate surface area is 65.8 Å². The van der Waals surface area contributed by atoms with E-state index in [0.29, 0.717) is 0 Å². The van der Waals surface area contributed by atoms with E-state index in [1.54, 1.807) is 18.2 Å². The molecule has 0 aliphatic carbocycles. The van der Waals surface area contributed by atoms with Crippen molar-refractivity contribution in [2.24, 2.45) is 0 Å². The summed E-state index contributed by atoms with van der Waals surface area (Å²) in [4.78, 5) is 0. The number of benzene rings is 1. The molecule has 0 amide bonds. The summed E-state index contributed by atoms with van der Waals surface area (Å²) in [5, 5.41) is 0. The highest BCUT2D eigenvalue weighted by molar-refractivity contribution is 7.80. The van der Waals surface area contributed by atoms with Gasteiger partial charge in [-0.3, -0.25) is 0 Å². The lowest BCUT2D eigenvalue weighted by Crippen LogP contribution is -2.13. The van der Waals surface area contributed by atoms with E-state index in [1.807, 2.05) is 0 Å². The Hall–Kier alpha value is -0.940. The molecule has 1 unspecified atom stereocenters. The topological polar surface area (TPSA) is 43.4 Å². The summed E-state index contributed by atoms with van der Waals surface area (Å²) in [6, 6.07) is 7.49. The number of nitrogens with zero attached hydrogens (tertiary/aromatic N) is 1. The van der Waals surface area contributed by atoms with E-state index in [2.05, 4.69) is 0 Å². The fourth-order valence-corrected chi connectivity index (χ4v) is 0.925. The summed E-state index contributed by atoms with van der Waals surface area (Å²) in [7, 11) is 0. The van der Waals surface area contributed by atoms with Gasteiger partial charge < -0.3 is 4.55 Å². The average molecular weight is 174 g/mol. The fraction of sp³-hybridized carbons (Fsp3) is 0. The highest BCUT2D eigenvalue weighted by Crippen LogP contribution is 2.13. The molecule has 0 N–H and O–H groups in total. The lowest BCUT2D eigenvalue weighted by Gasteiger charge is -2.14. The predicted molar refractivity (Wildman–Crippen MR) is 38.9 cm³/mol. The van der Waals surface area contributed by atoms with Gasteiger partial charge in [0.25, 0.3) is 0 Å². The number of hydrogen-bond acceptors (Lipinski definition) is 2. The molecule has 0 radical (unpaired) electrons. The molecular weight excluding hydrogens is 169 g/mol. The van der Waals surface area contributed by atoms with Gasteiger partial charge in [0, 0.05) is 0 Å². The van der Waals surface area contributed by atoms with Crippen LogP contribution in [0.1, 0.15) is 0 Å². The summed E-state index contributed by atoms with van der Waals surface area (Å²) in [5.41, 5.74) is 0.000772. The average Bonchev–Trinajstić information content (AvgIpc) is 2.05. The molecule has 0 heterocycles. The minimum atomic E-state index is -2.84. The molecule has 0 saturated heterocycles. The van der Waals surface area contributed by atoms with Crippen LogP contribution in [0.4, 0.5) is 10.2 Å². The Morgan fingerprint density at radius 2 is 1.91 bits per heavy atom. The van der Waals surface area contributed by atoms with Gasteiger partial charge in [0.1, 0.15) is 0 Å². The Morgan fingerprint density at radius 3 is 2.36 bits per heavy atom. The van der Waals surface area contributed by atoms with Crippen LogP contribution in [0, 0.1) is 0 Å². The van der Waals surface area contributed by atoms with E-state index in [9.17, 15) is 13.2 Å². The standard InChI is InChI=1S/C6H6FNO2S/c7-8(11(9)10)6-4-2-1-3-5-6/h1-5H,(H,9,10)/p-1. The number of halogens is 1. The van der Waals surface area contributed by atoms with Crippen molar-refractivity contribution in [1.82, 2.24) is 0 Å². The van der Waals surface area contributed by atoms with Crippen molar-refractivity contribution >= 4 is 17.0 Å².